The number of hydrogen-bond acceptors (Lipinski definition) is 5. The molecule has 0 atom stereocenters. The van der Waals surface area contributed by atoms with E-state index in [0.29, 0.717) is 15.8 Å². The first-order valence-electron chi connectivity index (χ1n) is 5.80. The van der Waals surface area contributed by atoms with Gasteiger partial charge in [-0.15, -0.1) is 9.90 Å². The number of ether oxygens (including phenoxy) is 1. The molecule has 9 heteroatoms. The van der Waals surface area contributed by atoms with Crippen LogP contribution < -0.4 is 10.1 Å². The third-order valence-corrected chi connectivity index (χ3v) is 2.88. The minimum Gasteiger partial charge on any atom is -0.482 e. The normalized spacial score (nSPS) is 10.2. The van der Waals surface area contributed by atoms with Gasteiger partial charge in [-0.25, -0.2) is 0 Å². The van der Waals surface area contributed by atoms with Crippen LogP contribution in [0.2, 0.25) is 10.0 Å². The molecule has 1 N–H and O–H groups in total. The fraction of sp³-hybridized carbons (Fsp3) is 0.167. The molecule has 2 aromatic rings. The number of nitrogens with one attached hydrogen (secondary N) is 1. The Bertz CT molecular complexity index is 663. The third-order valence-electron chi connectivity index (χ3n) is 2.38. The van der Waals surface area contributed by atoms with Crippen molar-refractivity contribution in [3.8, 4) is 5.75 Å². The van der Waals surface area contributed by atoms with E-state index >= 15 is 0 Å². The molecule has 2 rings (SSSR count). The molecule has 0 fully saturated rings. The molecule has 1 aromatic carbocycles. The molecule has 1 aromatic heterocycles. The van der Waals surface area contributed by atoms with Crippen LogP contribution in [0.15, 0.2) is 18.7 Å². The van der Waals surface area contributed by atoms with Gasteiger partial charge in [0, 0.05) is 11.2 Å². The minimum absolute atomic E-state index is 0.0578. The Morgan fingerprint density at radius 3 is 2.90 bits per heavy atom. The van der Waals surface area contributed by atoms with E-state index in [1.807, 2.05) is 0 Å². The molecule has 0 saturated carbocycles. The summed E-state index contributed by atoms with van der Waals surface area (Å²) in [5, 5.41) is 14.3. The van der Waals surface area contributed by atoms with Crippen molar-refractivity contribution in [3.05, 3.63) is 34.3 Å². The van der Waals surface area contributed by atoms with Gasteiger partial charge in [-0.1, -0.05) is 34.9 Å². The Hall–Kier alpha value is -2.12. The van der Waals surface area contributed by atoms with Crippen LogP contribution in [0.1, 0.15) is 5.56 Å². The number of anilines is 1. The van der Waals surface area contributed by atoms with Gasteiger partial charge in [-0.3, -0.25) is 10.1 Å². The van der Waals surface area contributed by atoms with E-state index in [-0.39, 0.29) is 12.6 Å². The van der Waals surface area contributed by atoms with Gasteiger partial charge in [0.15, 0.2) is 6.61 Å². The molecule has 0 saturated heterocycles. The van der Waals surface area contributed by atoms with Gasteiger partial charge in [0.1, 0.15) is 5.75 Å². The van der Waals surface area contributed by atoms with Crippen molar-refractivity contribution in [1.29, 1.82) is 0 Å². The zero-order chi connectivity index (χ0) is 15.4. The van der Waals surface area contributed by atoms with Gasteiger partial charge in [-0.05, 0) is 29.8 Å². The topological polar surface area (TPSA) is 81.9 Å². The number of aryl methyl sites for hydroxylation is 1. The molecule has 0 aliphatic heterocycles. The standard InChI is InChI=1S/C12H11Cl2N5O2/c1-3-19-17-12(16-18-19)15-10(20)6-21-11-7(2)4-8(13)5-9(11)14/h3-5H,1,6H2,2H3,(H,15,17,20). The number of tetrazole rings is 1. The first-order valence-corrected chi connectivity index (χ1v) is 6.55. The lowest BCUT2D eigenvalue weighted by Crippen LogP contribution is -2.21. The van der Waals surface area contributed by atoms with Gasteiger partial charge < -0.3 is 4.74 Å². The summed E-state index contributed by atoms with van der Waals surface area (Å²) in [6.07, 6.45) is 1.34. The summed E-state index contributed by atoms with van der Waals surface area (Å²) < 4.78 is 5.38. The number of aromatic nitrogens is 4. The van der Waals surface area contributed by atoms with Crippen molar-refractivity contribution < 1.29 is 9.53 Å². The fourth-order valence-corrected chi connectivity index (χ4v) is 2.17. The number of carbonyl (C=O) groups is 1. The molecule has 0 aliphatic rings. The Balaban J connectivity index is 1.96. The largest absolute Gasteiger partial charge is 0.482 e. The van der Waals surface area contributed by atoms with E-state index in [4.69, 9.17) is 27.9 Å². The second-order valence-electron chi connectivity index (χ2n) is 3.99. The first kappa shape index (κ1) is 15.3. The number of nitrogens with zero attached hydrogens (tertiary/aromatic N) is 4. The maximum absolute atomic E-state index is 11.7. The lowest BCUT2D eigenvalue weighted by Gasteiger charge is -2.10. The highest BCUT2D eigenvalue weighted by molar-refractivity contribution is 6.35. The van der Waals surface area contributed by atoms with E-state index in [9.17, 15) is 4.79 Å². The molecular weight excluding hydrogens is 317 g/mol. The van der Waals surface area contributed by atoms with Crippen LogP contribution >= 0.6 is 23.2 Å². The van der Waals surface area contributed by atoms with Crippen molar-refractivity contribution >= 4 is 41.3 Å². The Morgan fingerprint density at radius 1 is 1.52 bits per heavy atom. The molecule has 1 amide bonds. The summed E-state index contributed by atoms with van der Waals surface area (Å²) in [4.78, 5) is 12.8. The molecule has 0 aliphatic carbocycles. The maximum atomic E-state index is 11.7. The number of hydrogen-bond donors (Lipinski definition) is 1. The van der Waals surface area contributed by atoms with Gasteiger partial charge in [0.05, 0.1) is 5.02 Å². The van der Waals surface area contributed by atoms with Crippen LogP contribution in [0.25, 0.3) is 6.20 Å². The number of halogens is 2. The van der Waals surface area contributed by atoms with Crippen LogP contribution in [0, 0.1) is 6.92 Å². The van der Waals surface area contributed by atoms with Crippen LogP contribution in [0.4, 0.5) is 5.95 Å². The summed E-state index contributed by atoms with van der Waals surface area (Å²) >= 11 is 11.9. The monoisotopic (exact) mass is 327 g/mol. The second-order valence-corrected chi connectivity index (χ2v) is 4.83. The van der Waals surface area contributed by atoms with Gasteiger partial charge in [-0.2, -0.15) is 0 Å². The van der Waals surface area contributed by atoms with Gasteiger partial charge in [0.25, 0.3) is 11.9 Å². The molecule has 7 nitrogen and oxygen atoms in total. The Morgan fingerprint density at radius 2 is 2.29 bits per heavy atom. The second kappa shape index (κ2) is 6.55. The molecule has 1 heterocycles. The molecule has 0 unspecified atom stereocenters. The highest BCUT2D eigenvalue weighted by Crippen LogP contribution is 2.31. The molecule has 0 spiro atoms. The smallest absolute Gasteiger partial charge is 0.270 e. The summed E-state index contributed by atoms with van der Waals surface area (Å²) in [6.45, 7) is 5.00. The van der Waals surface area contributed by atoms with Crippen molar-refractivity contribution in [1.82, 2.24) is 20.2 Å². The highest BCUT2D eigenvalue weighted by Gasteiger charge is 2.11. The Kier molecular flexibility index (Phi) is 4.77. The Labute approximate surface area is 130 Å². The van der Waals surface area contributed by atoms with Crippen molar-refractivity contribution in [2.45, 2.75) is 6.92 Å². The summed E-state index contributed by atoms with van der Waals surface area (Å²) in [7, 11) is 0. The minimum atomic E-state index is -0.441. The molecule has 0 bridgehead atoms. The summed E-state index contributed by atoms with van der Waals surface area (Å²) in [5.74, 6) is 0.0189. The van der Waals surface area contributed by atoms with Crippen LogP contribution in [-0.4, -0.2) is 32.7 Å². The molecule has 21 heavy (non-hydrogen) atoms. The van der Waals surface area contributed by atoms with E-state index in [1.54, 1.807) is 19.1 Å². The number of benzene rings is 1. The van der Waals surface area contributed by atoms with Crippen molar-refractivity contribution in [2.75, 3.05) is 11.9 Å². The van der Waals surface area contributed by atoms with E-state index in [2.05, 4.69) is 27.3 Å². The predicted molar refractivity (Wildman–Crippen MR) is 79.5 cm³/mol. The SMILES string of the molecule is C=Cn1nnc(NC(=O)COc2c(C)cc(Cl)cc2Cl)n1. The molecule has 0 radical (unpaired) electrons. The van der Waals surface area contributed by atoms with Crippen molar-refractivity contribution in [2.24, 2.45) is 0 Å². The van der Waals surface area contributed by atoms with E-state index in [1.165, 1.54) is 6.20 Å². The average Bonchev–Trinajstić information content (AvgIpc) is 2.85. The third kappa shape index (κ3) is 3.93. The fourth-order valence-electron chi connectivity index (χ4n) is 1.52. The summed E-state index contributed by atoms with van der Waals surface area (Å²) in [5.41, 5.74) is 0.732. The number of rotatable bonds is 5. The molecule has 110 valence electrons. The van der Waals surface area contributed by atoms with Crippen LogP contribution in [0.5, 0.6) is 5.75 Å². The lowest BCUT2D eigenvalue weighted by molar-refractivity contribution is -0.118. The van der Waals surface area contributed by atoms with E-state index < -0.39 is 5.91 Å². The van der Waals surface area contributed by atoms with E-state index in [0.717, 1.165) is 10.4 Å². The van der Waals surface area contributed by atoms with Gasteiger partial charge in [0.2, 0.25) is 0 Å². The predicted octanol–water partition coefficient (Wildman–Crippen LogP) is 2.41. The highest BCUT2D eigenvalue weighted by atomic mass is 35.5. The number of carbonyl (C=O) groups excluding carboxylic acids is 1. The van der Waals surface area contributed by atoms with Crippen LogP contribution in [0.3, 0.4) is 0 Å². The average molecular weight is 328 g/mol. The summed E-state index contributed by atoms with van der Waals surface area (Å²) in [6, 6.07) is 3.23. The quantitative estimate of drug-likeness (QED) is 0.911. The zero-order valence-corrected chi connectivity index (χ0v) is 12.5. The van der Waals surface area contributed by atoms with Crippen LogP contribution in [-0.2, 0) is 4.79 Å². The molecular formula is C12H11Cl2N5O2. The van der Waals surface area contributed by atoms with Crippen molar-refractivity contribution in [3.63, 3.8) is 0 Å². The van der Waals surface area contributed by atoms with Gasteiger partial charge >= 0.3 is 0 Å². The maximum Gasteiger partial charge on any atom is 0.270 e. The number of amides is 1. The zero-order valence-electron chi connectivity index (χ0n) is 11.0. The lowest BCUT2D eigenvalue weighted by atomic mass is 10.2. The first-order chi connectivity index (χ1) is 9.99.